The molecule has 2 saturated carbocycles. The first kappa shape index (κ1) is 15.7. The van der Waals surface area contributed by atoms with Crippen LogP contribution in [0.15, 0.2) is 0 Å². The topological polar surface area (TPSA) is 33.7 Å². The van der Waals surface area contributed by atoms with Gasteiger partial charge in [-0.15, -0.1) is 0 Å². The van der Waals surface area contributed by atoms with Crippen LogP contribution >= 0.6 is 0 Å². The molecule has 122 valence electrons. The second-order valence-corrected chi connectivity index (χ2v) is 7.50. The first-order valence-corrected chi connectivity index (χ1v) is 8.75. The Morgan fingerprint density at radius 3 is 2.57 bits per heavy atom. The van der Waals surface area contributed by atoms with Crippen LogP contribution < -0.4 is 5.32 Å². The second-order valence-electron chi connectivity index (χ2n) is 7.50. The summed E-state index contributed by atoms with van der Waals surface area (Å²) < 4.78 is 10.8. The molecular formula is C17H32N2O2. The van der Waals surface area contributed by atoms with Gasteiger partial charge in [0, 0.05) is 37.8 Å². The minimum atomic E-state index is 0.346. The lowest BCUT2D eigenvalue weighted by Crippen LogP contribution is -2.69. The van der Waals surface area contributed by atoms with Gasteiger partial charge >= 0.3 is 0 Å². The molecule has 0 bridgehead atoms. The highest BCUT2D eigenvalue weighted by atomic mass is 16.5. The van der Waals surface area contributed by atoms with E-state index in [-0.39, 0.29) is 0 Å². The summed E-state index contributed by atoms with van der Waals surface area (Å²) in [5.41, 5.74) is 0.749. The summed E-state index contributed by atoms with van der Waals surface area (Å²) in [6.07, 6.45) is 8.32. The highest BCUT2D eigenvalue weighted by molar-refractivity contribution is 5.10. The Bertz CT molecular complexity index is 340. The summed E-state index contributed by atoms with van der Waals surface area (Å²) in [4.78, 5) is 2.75. The van der Waals surface area contributed by atoms with E-state index in [2.05, 4.69) is 17.1 Å². The van der Waals surface area contributed by atoms with Gasteiger partial charge in [-0.25, -0.2) is 0 Å². The Kier molecular flexibility index (Phi) is 4.89. The molecule has 4 heteroatoms. The molecule has 1 heterocycles. The molecule has 2 aliphatic carbocycles. The first-order chi connectivity index (χ1) is 10.2. The van der Waals surface area contributed by atoms with Crippen LogP contribution in [0.2, 0.25) is 0 Å². The molecule has 1 saturated heterocycles. The monoisotopic (exact) mass is 296 g/mol. The molecule has 0 radical (unpaired) electrons. The first-order valence-electron chi connectivity index (χ1n) is 8.75. The normalized spacial score (nSPS) is 32.9. The van der Waals surface area contributed by atoms with Gasteiger partial charge in [0.25, 0.3) is 0 Å². The Balaban J connectivity index is 1.57. The molecule has 0 aromatic carbocycles. The fourth-order valence-corrected chi connectivity index (χ4v) is 4.33. The van der Waals surface area contributed by atoms with E-state index in [1.54, 1.807) is 7.11 Å². The number of nitrogens with zero attached hydrogens (tertiary/aromatic N) is 1. The molecule has 1 N–H and O–H groups in total. The lowest BCUT2D eigenvalue weighted by atomic mass is 9.83. The van der Waals surface area contributed by atoms with Gasteiger partial charge in [0.15, 0.2) is 0 Å². The van der Waals surface area contributed by atoms with Gasteiger partial charge < -0.3 is 14.8 Å². The summed E-state index contributed by atoms with van der Waals surface area (Å²) in [7, 11) is 1.73. The average Bonchev–Trinajstić information content (AvgIpc) is 3.25. The molecule has 3 fully saturated rings. The van der Waals surface area contributed by atoms with E-state index >= 15 is 0 Å². The summed E-state index contributed by atoms with van der Waals surface area (Å²) in [6, 6.07) is 0. The standard InChI is InChI=1S/C17H32N2O2/c1-16(15-5-6-15)13-18-17(7-3-4-8-17)14-19(16)9-10-21-12-11-20-2/h15,18H,3-14H2,1-2H3. The molecule has 1 aliphatic heterocycles. The summed E-state index contributed by atoms with van der Waals surface area (Å²) >= 11 is 0. The van der Waals surface area contributed by atoms with Crippen molar-refractivity contribution in [3.05, 3.63) is 0 Å². The fraction of sp³-hybridized carbons (Fsp3) is 1.00. The fourth-order valence-electron chi connectivity index (χ4n) is 4.33. The molecule has 21 heavy (non-hydrogen) atoms. The maximum absolute atomic E-state index is 5.73. The molecule has 4 nitrogen and oxygen atoms in total. The van der Waals surface area contributed by atoms with Crippen molar-refractivity contribution in [1.82, 2.24) is 10.2 Å². The van der Waals surface area contributed by atoms with Crippen LogP contribution in [-0.2, 0) is 9.47 Å². The van der Waals surface area contributed by atoms with Crippen LogP contribution in [-0.4, -0.2) is 62.5 Å². The SMILES string of the molecule is COCCOCCN1CC2(CCCC2)NCC1(C)C1CC1. The average molecular weight is 296 g/mol. The molecule has 3 aliphatic rings. The molecule has 1 unspecified atom stereocenters. The molecule has 0 aromatic rings. The number of hydrogen-bond donors (Lipinski definition) is 1. The third-order valence-electron chi connectivity index (χ3n) is 5.99. The van der Waals surface area contributed by atoms with Gasteiger partial charge in [-0.05, 0) is 38.5 Å². The smallest absolute Gasteiger partial charge is 0.0700 e. The van der Waals surface area contributed by atoms with E-state index in [4.69, 9.17) is 9.47 Å². The predicted molar refractivity (Wildman–Crippen MR) is 84.6 cm³/mol. The third-order valence-corrected chi connectivity index (χ3v) is 5.99. The zero-order valence-corrected chi connectivity index (χ0v) is 13.8. The Hall–Kier alpha value is -0.160. The van der Waals surface area contributed by atoms with Gasteiger partial charge in [0.2, 0.25) is 0 Å². The van der Waals surface area contributed by atoms with Crippen molar-refractivity contribution < 1.29 is 9.47 Å². The minimum Gasteiger partial charge on any atom is -0.382 e. The molecule has 1 spiro atoms. The van der Waals surface area contributed by atoms with E-state index in [1.165, 1.54) is 45.1 Å². The number of nitrogens with one attached hydrogen (secondary N) is 1. The largest absolute Gasteiger partial charge is 0.382 e. The van der Waals surface area contributed by atoms with Crippen molar-refractivity contribution in [2.45, 2.75) is 56.5 Å². The highest BCUT2D eigenvalue weighted by Gasteiger charge is 2.52. The van der Waals surface area contributed by atoms with Crippen molar-refractivity contribution in [3.8, 4) is 0 Å². The van der Waals surface area contributed by atoms with Gasteiger partial charge in [0.05, 0.1) is 19.8 Å². The van der Waals surface area contributed by atoms with E-state index in [9.17, 15) is 0 Å². The van der Waals surface area contributed by atoms with Gasteiger partial charge in [-0.2, -0.15) is 0 Å². The van der Waals surface area contributed by atoms with Crippen molar-refractivity contribution >= 4 is 0 Å². The van der Waals surface area contributed by atoms with E-state index in [1.807, 2.05) is 0 Å². The maximum atomic E-state index is 5.73. The number of ether oxygens (including phenoxy) is 2. The number of piperazine rings is 1. The minimum absolute atomic E-state index is 0.346. The van der Waals surface area contributed by atoms with Crippen molar-refractivity contribution in [2.24, 2.45) is 5.92 Å². The highest BCUT2D eigenvalue weighted by Crippen LogP contribution is 2.46. The van der Waals surface area contributed by atoms with E-state index < -0.39 is 0 Å². The summed E-state index contributed by atoms with van der Waals surface area (Å²) in [6.45, 7) is 8.17. The predicted octanol–water partition coefficient (Wildman–Crippen LogP) is 2.04. The number of rotatable bonds is 7. The van der Waals surface area contributed by atoms with E-state index in [0.717, 1.165) is 25.6 Å². The number of hydrogen-bond acceptors (Lipinski definition) is 4. The lowest BCUT2D eigenvalue weighted by Gasteiger charge is -2.53. The van der Waals surface area contributed by atoms with Gasteiger partial charge in [-0.3, -0.25) is 4.90 Å². The van der Waals surface area contributed by atoms with Crippen molar-refractivity contribution in [1.29, 1.82) is 0 Å². The van der Waals surface area contributed by atoms with Crippen molar-refractivity contribution in [3.63, 3.8) is 0 Å². The van der Waals surface area contributed by atoms with Crippen LogP contribution in [0.5, 0.6) is 0 Å². The lowest BCUT2D eigenvalue weighted by molar-refractivity contribution is -0.0220. The maximum Gasteiger partial charge on any atom is 0.0700 e. The molecule has 0 aromatic heterocycles. The van der Waals surface area contributed by atoms with Crippen LogP contribution in [0.1, 0.15) is 45.4 Å². The molecular weight excluding hydrogens is 264 g/mol. The van der Waals surface area contributed by atoms with Crippen LogP contribution in [0, 0.1) is 5.92 Å². The summed E-state index contributed by atoms with van der Waals surface area (Å²) in [5.74, 6) is 0.891. The van der Waals surface area contributed by atoms with Crippen LogP contribution in [0.25, 0.3) is 0 Å². The van der Waals surface area contributed by atoms with E-state index in [0.29, 0.717) is 24.3 Å². The van der Waals surface area contributed by atoms with Crippen LogP contribution in [0.3, 0.4) is 0 Å². The van der Waals surface area contributed by atoms with Gasteiger partial charge in [-0.1, -0.05) is 12.8 Å². The molecule has 0 amide bonds. The third kappa shape index (κ3) is 3.44. The molecule has 3 rings (SSSR count). The summed E-state index contributed by atoms with van der Waals surface area (Å²) in [5, 5.41) is 3.94. The quantitative estimate of drug-likeness (QED) is 0.729. The van der Waals surface area contributed by atoms with Gasteiger partial charge in [0.1, 0.15) is 0 Å². The Morgan fingerprint density at radius 1 is 1.14 bits per heavy atom. The second kappa shape index (κ2) is 6.53. The zero-order chi connectivity index (χ0) is 14.8. The number of methoxy groups -OCH3 is 1. The van der Waals surface area contributed by atoms with Crippen molar-refractivity contribution in [2.75, 3.05) is 46.6 Å². The Morgan fingerprint density at radius 2 is 1.90 bits per heavy atom. The molecule has 1 atom stereocenters. The van der Waals surface area contributed by atoms with Crippen LogP contribution in [0.4, 0.5) is 0 Å². The zero-order valence-electron chi connectivity index (χ0n) is 13.8. The Labute approximate surface area is 129 Å².